The third-order valence-electron chi connectivity index (χ3n) is 5.23. The third-order valence-corrected chi connectivity index (χ3v) is 6.40. The summed E-state index contributed by atoms with van der Waals surface area (Å²) in [5, 5.41) is 16.2. The van der Waals surface area contributed by atoms with Crippen LogP contribution < -0.4 is 10.6 Å². The Kier molecular flexibility index (Phi) is 5.90. The van der Waals surface area contributed by atoms with Crippen molar-refractivity contribution < 1.29 is 9.53 Å². The molecule has 0 spiro atoms. The number of carbonyl (C=O) groups excluding carboxylic acids is 1. The summed E-state index contributed by atoms with van der Waals surface area (Å²) in [4.78, 5) is 12.6. The predicted octanol–water partition coefficient (Wildman–Crippen LogP) is 5.10. The van der Waals surface area contributed by atoms with Gasteiger partial charge in [-0.1, -0.05) is 47.9 Å². The Morgan fingerprint density at radius 1 is 1.22 bits per heavy atom. The van der Waals surface area contributed by atoms with Crippen LogP contribution in [0.25, 0.3) is 0 Å². The van der Waals surface area contributed by atoms with Gasteiger partial charge in [0.25, 0.3) is 0 Å². The molecule has 1 saturated carbocycles. The standard InChI is InChI=1S/C19H23ClN4O2S/c20-14-8-3-7-13(11-14)16(12-5-1-2-6-12)21-18(25)22-19-24-23-17(27-19)15-9-4-10-26-15/h3,7-8,11-12,15-16H,1-2,4-6,9-10H2,(H2,21,22,24,25)/t15-,16+/m1/s1. The molecule has 2 N–H and O–H groups in total. The summed E-state index contributed by atoms with van der Waals surface area (Å²) < 4.78 is 5.63. The lowest BCUT2D eigenvalue weighted by Gasteiger charge is -2.25. The van der Waals surface area contributed by atoms with Crippen LogP contribution in [-0.4, -0.2) is 22.8 Å². The Morgan fingerprint density at radius 3 is 2.81 bits per heavy atom. The van der Waals surface area contributed by atoms with Crippen LogP contribution in [0.2, 0.25) is 5.02 Å². The SMILES string of the molecule is O=C(Nc1nnc([C@H]2CCCO2)s1)N[C@H](c1cccc(Cl)c1)C1CCCC1. The zero-order valence-corrected chi connectivity index (χ0v) is 16.6. The van der Waals surface area contributed by atoms with E-state index in [1.807, 2.05) is 24.3 Å². The van der Waals surface area contributed by atoms with Gasteiger partial charge in [-0.15, -0.1) is 10.2 Å². The first-order valence-corrected chi connectivity index (χ1v) is 10.7. The third kappa shape index (κ3) is 4.59. The molecule has 6 nitrogen and oxygen atoms in total. The molecule has 0 radical (unpaired) electrons. The van der Waals surface area contributed by atoms with E-state index >= 15 is 0 Å². The number of nitrogens with zero attached hydrogens (tertiary/aromatic N) is 2. The van der Waals surface area contributed by atoms with Crippen molar-refractivity contribution in [3.8, 4) is 0 Å². The molecule has 2 aromatic rings. The fraction of sp³-hybridized carbons (Fsp3) is 0.526. The van der Waals surface area contributed by atoms with Gasteiger partial charge in [0.1, 0.15) is 11.1 Å². The van der Waals surface area contributed by atoms with Crippen LogP contribution in [0, 0.1) is 5.92 Å². The fourth-order valence-electron chi connectivity index (χ4n) is 3.93. The molecule has 2 heterocycles. The molecule has 27 heavy (non-hydrogen) atoms. The van der Waals surface area contributed by atoms with Gasteiger partial charge >= 0.3 is 6.03 Å². The number of halogens is 1. The minimum atomic E-state index is -0.262. The van der Waals surface area contributed by atoms with Gasteiger partial charge in [-0.05, 0) is 49.3 Å². The molecule has 0 bridgehead atoms. The maximum absolute atomic E-state index is 12.6. The van der Waals surface area contributed by atoms with E-state index in [0.29, 0.717) is 16.1 Å². The molecule has 8 heteroatoms. The molecule has 1 aromatic carbocycles. The molecule has 144 valence electrons. The Labute approximate surface area is 167 Å². The lowest BCUT2D eigenvalue weighted by Crippen LogP contribution is -2.35. The maximum Gasteiger partial charge on any atom is 0.321 e. The molecule has 1 aliphatic carbocycles. The summed E-state index contributed by atoms with van der Waals surface area (Å²) >= 11 is 7.55. The van der Waals surface area contributed by atoms with Gasteiger partial charge in [0, 0.05) is 11.6 Å². The molecule has 2 atom stereocenters. The van der Waals surface area contributed by atoms with Crippen LogP contribution in [0.3, 0.4) is 0 Å². The average molecular weight is 407 g/mol. The van der Waals surface area contributed by atoms with Crippen molar-refractivity contribution in [3.63, 3.8) is 0 Å². The second-order valence-corrected chi connectivity index (χ2v) is 8.57. The quantitative estimate of drug-likeness (QED) is 0.724. The van der Waals surface area contributed by atoms with E-state index in [9.17, 15) is 4.79 Å². The normalized spacial score (nSPS) is 21.3. The van der Waals surface area contributed by atoms with Gasteiger partial charge in [0.2, 0.25) is 5.13 Å². The molecule has 2 amide bonds. The number of anilines is 1. The molecule has 2 aliphatic rings. The second-order valence-electron chi connectivity index (χ2n) is 7.12. The van der Waals surface area contributed by atoms with Gasteiger partial charge in [-0.3, -0.25) is 5.32 Å². The van der Waals surface area contributed by atoms with Crippen LogP contribution in [0.1, 0.15) is 61.2 Å². The van der Waals surface area contributed by atoms with Crippen LogP contribution in [0.5, 0.6) is 0 Å². The van der Waals surface area contributed by atoms with Crippen molar-refractivity contribution >= 4 is 34.1 Å². The Morgan fingerprint density at radius 2 is 2.07 bits per heavy atom. The lowest BCUT2D eigenvalue weighted by molar-refractivity contribution is 0.111. The summed E-state index contributed by atoms with van der Waals surface area (Å²) in [6.07, 6.45) is 6.63. The topological polar surface area (TPSA) is 76.1 Å². The summed E-state index contributed by atoms with van der Waals surface area (Å²) in [7, 11) is 0. The molecular formula is C19H23ClN4O2S. The smallest absolute Gasteiger partial charge is 0.321 e. The van der Waals surface area contributed by atoms with Gasteiger partial charge in [-0.2, -0.15) is 0 Å². The van der Waals surface area contributed by atoms with E-state index < -0.39 is 0 Å². The molecule has 1 aromatic heterocycles. The highest BCUT2D eigenvalue weighted by molar-refractivity contribution is 7.15. The summed E-state index contributed by atoms with van der Waals surface area (Å²) in [5.74, 6) is 0.422. The minimum Gasteiger partial charge on any atom is -0.371 e. The molecule has 0 unspecified atom stereocenters. The number of ether oxygens (including phenoxy) is 1. The highest BCUT2D eigenvalue weighted by Crippen LogP contribution is 2.36. The van der Waals surface area contributed by atoms with E-state index in [0.717, 1.165) is 42.9 Å². The van der Waals surface area contributed by atoms with Crippen molar-refractivity contribution in [3.05, 3.63) is 39.9 Å². The number of hydrogen-bond donors (Lipinski definition) is 2. The Balaban J connectivity index is 1.43. The molecule has 2 fully saturated rings. The van der Waals surface area contributed by atoms with Gasteiger partial charge in [-0.25, -0.2) is 4.79 Å². The minimum absolute atomic E-state index is 0.0128. The van der Waals surface area contributed by atoms with Crippen molar-refractivity contribution in [2.45, 2.75) is 50.7 Å². The van der Waals surface area contributed by atoms with E-state index in [2.05, 4.69) is 20.8 Å². The molecule has 1 aliphatic heterocycles. The number of urea groups is 1. The largest absolute Gasteiger partial charge is 0.371 e. The van der Waals surface area contributed by atoms with Crippen molar-refractivity contribution in [1.82, 2.24) is 15.5 Å². The summed E-state index contributed by atoms with van der Waals surface area (Å²) in [6.45, 7) is 0.760. The summed E-state index contributed by atoms with van der Waals surface area (Å²) in [6, 6.07) is 7.42. The first-order chi connectivity index (χ1) is 13.2. The number of carbonyl (C=O) groups is 1. The number of amides is 2. The van der Waals surface area contributed by atoms with Crippen molar-refractivity contribution in [2.75, 3.05) is 11.9 Å². The van der Waals surface area contributed by atoms with Crippen LogP contribution in [0.4, 0.5) is 9.93 Å². The number of aromatic nitrogens is 2. The number of rotatable bonds is 5. The zero-order valence-electron chi connectivity index (χ0n) is 15.0. The van der Waals surface area contributed by atoms with Crippen molar-refractivity contribution in [1.29, 1.82) is 0 Å². The van der Waals surface area contributed by atoms with Crippen molar-refractivity contribution in [2.24, 2.45) is 5.92 Å². The highest BCUT2D eigenvalue weighted by Gasteiger charge is 2.28. The molecule has 4 rings (SSSR count). The molecular weight excluding hydrogens is 384 g/mol. The zero-order chi connectivity index (χ0) is 18.6. The maximum atomic E-state index is 12.6. The van der Waals surface area contributed by atoms with Gasteiger partial charge in [0.05, 0.1) is 6.04 Å². The van der Waals surface area contributed by atoms with E-state index in [-0.39, 0.29) is 18.2 Å². The van der Waals surface area contributed by atoms with Crippen LogP contribution in [0.15, 0.2) is 24.3 Å². The van der Waals surface area contributed by atoms with Crippen LogP contribution in [-0.2, 0) is 4.74 Å². The Hall–Kier alpha value is -1.70. The first-order valence-electron chi connectivity index (χ1n) is 9.47. The molecule has 1 saturated heterocycles. The lowest BCUT2D eigenvalue weighted by atomic mass is 9.92. The number of benzene rings is 1. The van der Waals surface area contributed by atoms with Gasteiger partial charge < -0.3 is 10.1 Å². The van der Waals surface area contributed by atoms with E-state index in [4.69, 9.17) is 16.3 Å². The number of nitrogens with one attached hydrogen (secondary N) is 2. The number of hydrogen-bond acceptors (Lipinski definition) is 5. The predicted molar refractivity (Wildman–Crippen MR) is 106 cm³/mol. The fourth-order valence-corrected chi connectivity index (χ4v) is 4.95. The van der Waals surface area contributed by atoms with Gasteiger partial charge in [0.15, 0.2) is 0 Å². The second kappa shape index (κ2) is 8.54. The summed E-state index contributed by atoms with van der Waals surface area (Å²) in [5.41, 5.74) is 1.04. The van der Waals surface area contributed by atoms with Crippen LogP contribution >= 0.6 is 22.9 Å². The van der Waals surface area contributed by atoms with E-state index in [1.165, 1.54) is 24.2 Å². The highest BCUT2D eigenvalue weighted by atomic mass is 35.5. The van der Waals surface area contributed by atoms with E-state index in [1.54, 1.807) is 0 Å². The average Bonchev–Trinajstić information content (AvgIpc) is 3.40. The first kappa shape index (κ1) is 18.7. The monoisotopic (exact) mass is 406 g/mol. The Bertz CT molecular complexity index is 788.